The summed E-state index contributed by atoms with van der Waals surface area (Å²) in [5, 5.41) is 2.74. The minimum absolute atomic E-state index is 0.161. The minimum Gasteiger partial charge on any atom is -0.297 e. The second kappa shape index (κ2) is 8.51. The second-order valence-corrected chi connectivity index (χ2v) is 18.0. The second-order valence-electron chi connectivity index (χ2n) is 18.0. The summed E-state index contributed by atoms with van der Waals surface area (Å²) in [6, 6.07) is 29.4. The zero-order valence-electron chi connectivity index (χ0n) is 29.7. The summed E-state index contributed by atoms with van der Waals surface area (Å²) >= 11 is 0. The van der Waals surface area contributed by atoms with Gasteiger partial charge >= 0.3 is 0 Å². The van der Waals surface area contributed by atoms with Crippen LogP contribution >= 0.6 is 0 Å². The van der Waals surface area contributed by atoms with Gasteiger partial charge < -0.3 is 0 Å². The van der Waals surface area contributed by atoms with Crippen LogP contribution in [-0.2, 0) is 5.41 Å². The maximum atomic E-state index is 2.78. The Balaban J connectivity index is 1.22. The van der Waals surface area contributed by atoms with E-state index in [1.807, 2.05) is 0 Å². The average Bonchev–Trinajstić information content (AvgIpc) is 3.74. The lowest BCUT2D eigenvalue weighted by molar-refractivity contribution is 0.166. The highest BCUT2D eigenvalue weighted by atomic mass is 15.2. The molecule has 2 unspecified atom stereocenters. The zero-order valence-corrected chi connectivity index (χ0v) is 29.7. The highest BCUT2D eigenvalue weighted by Crippen LogP contribution is 2.58. The summed E-state index contributed by atoms with van der Waals surface area (Å²) in [6.45, 7) is 12.2. The topological polar surface area (TPSA) is 9.34 Å². The fourth-order valence-electron chi connectivity index (χ4n) is 13.3. The quantitative estimate of drug-likeness (QED) is 0.146. The van der Waals surface area contributed by atoms with Crippen LogP contribution in [0.1, 0.15) is 96.9 Å². The Labute approximate surface area is 294 Å². The van der Waals surface area contributed by atoms with Crippen LogP contribution in [-0.4, -0.2) is 15.7 Å². The third-order valence-electron chi connectivity index (χ3n) is 14.7. The van der Waals surface area contributed by atoms with Gasteiger partial charge in [-0.15, -0.1) is 0 Å². The molecule has 3 heteroatoms. The first-order valence-electron chi connectivity index (χ1n) is 19.3. The van der Waals surface area contributed by atoms with E-state index in [-0.39, 0.29) is 12.1 Å². The van der Waals surface area contributed by atoms with Crippen LogP contribution in [0.25, 0.3) is 55.4 Å². The fourth-order valence-corrected chi connectivity index (χ4v) is 13.3. The number of benzene rings is 5. The van der Waals surface area contributed by atoms with Gasteiger partial charge in [0.1, 0.15) is 5.65 Å². The molecule has 2 nitrogen and oxygen atoms in total. The predicted molar refractivity (Wildman–Crippen MR) is 209 cm³/mol. The zero-order chi connectivity index (χ0) is 33.1. The molecule has 2 atom stereocenters. The number of imidazole rings is 1. The molecule has 2 aliphatic heterocycles. The molecule has 0 N–H and O–H groups in total. The van der Waals surface area contributed by atoms with Crippen molar-refractivity contribution >= 4 is 50.6 Å². The van der Waals surface area contributed by atoms with Crippen LogP contribution in [0.2, 0.25) is 0 Å². The van der Waals surface area contributed by atoms with Crippen molar-refractivity contribution in [2.75, 3.05) is 0 Å². The molecule has 2 saturated carbocycles. The molecule has 0 spiro atoms. The highest BCUT2D eigenvalue weighted by Gasteiger charge is 2.51. The van der Waals surface area contributed by atoms with Gasteiger partial charge in [-0.25, -0.2) is 0 Å². The molecule has 14 rings (SSSR count). The molecule has 5 aliphatic carbocycles. The first kappa shape index (κ1) is 27.3. The summed E-state index contributed by atoms with van der Waals surface area (Å²) in [7, 11) is 0. The lowest BCUT2D eigenvalue weighted by atomic mass is 9.37. The molecule has 0 radical (unpaired) electrons. The number of aromatic nitrogens is 2. The van der Waals surface area contributed by atoms with Gasteiger partial charge in [0.15, 0.2) is 0 Å². The van der Waals surface area contributed by atoms with Gasteiger partial charge in [-0.1, -0.05) is 80.0 Å². The Bertz CT molecular complexity index is 2770. The fraction of sp³-hybridized carbons (Fsp3) is 0.319. The number of hydrogen-bond acceptors (Lipinski definition) is 0. The van der Waals surface area contributed by atoms with Crippen LogP contribution in [0.5, 0.6) is 0 Å². The number of aryl methyl sites for hydroxylation is 3. The molecule has 7 aliphatic rings. The third kappa shape index (κ3) is 2.94. The molecule has 0 amide bonds. The third-order valence-corrected chi connectivity index (χ3v) is 14.7. The summed E-state index contributed by atoms with van der Waals surface area (Å²) in [5.74, 6) is 3.35. The number of fused-ring (bicyclic) bond motifs is 15. The van der Waals surface area contributed by atoms with Gasteiger partial charge in [-0.3, -0.25) is 8.97 Å². The van der Waals surface area contributed by atoms with Crippen molar-refractivity contribution in [1.29, 1.82) is 0 Å². The molecule has 5 aromatic carbocycles. The Morgan fingerprint density at radius 1 is 0.700 bits per heavy atom. The molecule has 2 aromatic heterocycles. The molecule has 0 saturated heterocycles. The van der Waals surface area contributed by atoms with Crippen molar-refractivity contribution < 1.29 is 0 Å². The Hall–Kier alpha value is -4.50. The van der Waals surface area contributed by atoms with Crippen LogP contribution in [0.4, 0.5) is 0 Å². The van der Waals surface area contributed by atoms with Gasteiger partial charge in [0, 0.05) is 22.4 Å². The average molecular weight is 645 g/mol. The van der Waals surface area contributed by atoms with Crippen LogP contribution in [0, 0.1) is 32.6 Å². The molecule has 7 aromatic rings. The van der Waals surface area contributed by atoms with E-state index in [4.69, 9.17) is 0 Å². The molecular weight excluding hydrogens is 603 g/mol. The lowest BCUT2D eigenvalue weighted by Crippen LogP contribution is -2.53. The van der Waals surface area contributed by atoms with E-state index < -0.39 is 0 Å². The van der Waals surface area contributed by atoms with Crippen LogP contribution < -0.4 is 16.4 Å². The molecular formula is C47H41BN2. The van der Waals surface area contributed by atoms with E-state index in [0.717, 1.165) is 23.7 Å². The number of nitrogens with zero attached hydrogens (tertiary/aromatic N) is 2. The van der Waals surface area contributed by atoms with Gasteiger partial charge in [-0.2, -0.15) is 0 Å². The van der Waals surface area contributed by atoms with Gasteiger partial charge in [0.05, 0.1) is 11.0 Å². The van der Waals surface area contributed by atoms with Crippen LogP contribution in [0.3, 0.4) is 0 Å². The molecule has 4 heterocycles. The van der Waals surface area contributed by atoms with Crippen molar-refractivity contribution in [3.8, 4) is 27.9 Å². The number of hydrogen-bond donors (Lipinski definition) is 0. The Morgan fingerprint density at radius 3 is 2.24 bits per heavy atom. The minimum atomic E-state index is -0.161. The summed E-state index contributed by atoms with van der Waals surface area (Å²) in [4.78, 5) is 0. The lowest BCUT2D eigenvalue weighted by Gasteiger charge is -2.38. The maximum Gasteiger partial charge on any atom is 0.251 e. The van der Waals surface area contributed by atoms with E-state index in [0.29, 0.717) is 0 Å². The van der Waals surface area contributed by atoms with E-state index in [2.05, 4.69) is 116 Å². The van der Waals surface area contributed by atoms with Crippen LogP contribution in [0.15, 0.2) is 72.8 Å². The van der Waals surface area contributed by atoms with Crippen molar-refractivity contribution in [3.05, 3.63) is 112 Å². The molecule has 50 heavy (non-hydrogen) atoms. The summed E-state index contributed by atoms with van der Waals surface area (Å²) in [6.07, 6.45) is 7.13. The van der Waals surface area contributed by atoms with Crippen molar-refractivity contribution in [1.82, 2.24) is 8.97 Å². The van der Waals surface area contributed by atoms with Gasteiger partial charge in [0.25, 0.3) is 6.71 Å². The van der Waals surface area contributed by atoms with Crippen molar-refractivity contribution in [2.45, 2.75) is 84.0 Å². The molecule has 2 fully saturated rings. The molecule has 242 valence electrons. The SMILES string of the molecule is Cc1cc2c3c(c1)-n1c4c(C)cc(C)cc4n4c5c(c(c14)B3c1cc3c(cc1-2)C1CC2CC(CC3C2)C1)-c1ccc2ccccc2c1C5(C)C. The smallest absolute Gasteiger partial charge is 0.251 e. The van der Waals surface area contributed by atoms with E-state index in [1.165, 1.54) is 115 Å². The Morgan fingerprint density at radius 2 is 1.44 bits per heavy atom. The van der Waals surface area contributed by atoms with E-state index in [9.17, 15) is 0 Å². The monoisotopic (exact) mass is 644 g/mol. The first-order chi connectivity index (χ1) is 24.3. The van der Waals surface area contributed by atoms with Gasteiger partial charge in [0.2, 0.25) is 0 Å². The largest absolute Gasteiger partial charge is 0.297 e. The van der Waals surface area contributed by atoms with Crippen molar-refractivity contribution in [3.63, 3.8) is 0 Å². The van der Waals surface area contributed by atoms with E-state index in [1.54, 1.807) is 27.5 Å². The van der Waals surface area contributed by atoms with Crippen molar-refractivity contribution in [2.24, 2.45) is 11.8 Å². The van der Waals surface area contributed by atoms with Gasteiger partial charge in [-0.05, 0) is 160 Å². The number of rotatable bonds is 0. The standard InChI is InChI=1S/C47H41BN2/c1-23-12-25(3)44-39(15-23)50-45-40(32-11-10-28-8-6-7-9-31(28)41(32)47(45,4)5)43-46(50)49(44)38-14-24(2)13-36-35-21-33-29-17-26-16-27(18-29)20-30(19-26)34(33)22-37(35)48(43)42(36)38/h6-15,21-22,26-27,29-30H,16-20H2,1-5H3. The summed E-state index contributed by atoms with van der Waals surface area (Å²) < 4.78 is 5.44. The predicted octanol–water partition coefficient (Wildman–Crippen LogP) is 9.47. The first-order valence-corrected chi connectivity index (χ1v) is 19.3. The highest BCUT2D eigenvalue weighted by molar-refractivity contribution is 7.02. The Kier molecular flexibility index (Phi) is 4.64. The summed E-state index contributed by atoms with van der Waals surface area (Å²) in [5.41, 5.74) is 26.5. The normalized spacial score (nSPS) is 23.8. The van der Waals surface area contributed by atoms with E-state index >= 15 is 0 Å². The maximum absolute atomic E-state index is 2.78. The molecule has 4 bridgehead atoms.